The van der Waals surface area contributed by atoms with E-state index in [1.807, 2.05) is 0 Å². The molecule has 2 amide bonds. The molecule has 0 rings (SSSR count). The van der Waals surface area contributed by atoms with Crippen LogP contribution in [0.1, 0.15) is 32.6 Å². The van der Waals surface area contributed by atoms with Crippen LogP contribution in [0.15, 0.2) is 0 Å². The number of unbranched alkanes of at least 4 members (excludes halogenated alkanes) is 3. The third-order valence-electron chi connectivity index (χ3n) is 2.58. The molecular formula is C13H23N3O4S. The van der Waals surface area contributed by atoms with Crippen molar-refractivity contribution in [1.82, 2.24) is 10.6 Å². The molecular weight excluding hydrogens is 294 g/mol. The van der Waals surface area contributed by atoms with Crippen LogP contribution >= 0.6 is 0 Å². The first-order chi connectivity index (χ1) is 10.0. The number of nitrogens with zero attached hydrogens (tertiary/aromatic N) is 1. The zero-order valence-corrected chi connectivity index (χ0v) is 13.3. The van der Waals surface area contributed by atoms with Crippen LogP contribution < -0.4 is 10.6 Å². The highest BCUT2D eigenvalue weighted by atomic mass is 32.2. The predicted octanol–water partition coefficient (Wildman–Crippen LogP) is 0.680. The van der Waals surface area contributed by atoms with Gasteiger partial charge in [-0.05, 0) is 6.42 Å². The van der Waals surface area contributed by atoms with Crippen LogP contribution in [0.25, 0.3) is 0 Å². The molecule has 0 aromatic heterocycles. The van der Waals surface area contributed by atoms with Crippen LogP contribution in [-0.4, -0.2) is 47.8 Å². The Hall–Kier alpha value is -1.46. The minimum Gasteiger partial charge on any atom is -0.616 e. The molecule has 0 heterocycles. The minimum atomic E-state index is -1.26. The lowest BCUT2D eigenvalue weighted by Crippen LogP contribution is -2.50. The molecule has 2 N–H and O–H groups in total. The first-order valence-corrected chi connectivity index (χ1v) is 8.62. The first-order valence-electron chi connectivity index (χ1n) is 6.89. The SMILES string of the molecule is CCCCCCOC(=O)NC(C[S+](C)[O-])C(=O)NCC#N. The van der Waals surface area contributed by atoms with E-state index in [1.54, 1.807) is 6.07 Å². The van der Waals surface area contributed by atoms with Crippen molar-refractivity contribution < 1.29 is 18.9 Å². The number of carbonyl (C=O) groups is 2. The lowest BCUT2D eigenvalue weighted by Gasteiger charge is -2.17. The molecule has 21 heavy (non-hydrogen) atoms. The van der Waals surface area contributed by atoms with Crippen LogP contribution in [0.4, 0.5) is 4.79 Å². The smallest absolute Gasteiger partial charge is 0.407 e. The number of ether oxygens (including phenoxy) is 1. The van der Waals surface area contributed by atoms with Gasteiger partial charge in [-0.25, -0.2) is 4.79 Å². The number of nitrogens with one attached hydrogen (secondary N) is 2. The van der Waals surface area contributed by atoms with Gasteiger partial charge in [0.25, 0.3) is 0 Å². The van der Waals surface area contributed by atoms with E-state index in [1.165, 1.54) is 6.26 Å². The van der Waals surface area contributed by atoms with Crippen molar-refractivity contribution in [3.63, 3.8) is 0 Å². The van der Waals surface area contributed by atoms with E-state index in [2.05, 4.69) is 17.6 Å². The largest absolute Gasteiger partial charge is 0.616 e. The van der Waals surface area contributed by atoms with Crippen molar-refractivity contribution >= 4 is 23.2 Å². The van der Waals surface area contributed by atoms with Gasteiger partial charge in [0.05, 0.1) is 18.9 Å². The van der Waals surface area contributed by atoms with Crippen molar-refractivity contribution in [2.24, 2.45) is 0 Å². The third-order valence-corrected chi connectivity index (χ3v) is 3.39. The topological polar surface area (TPSA) is 114 Å². The molecule has 8 heteroatoms. The summed E-state index contributed by atoms with van der Waals surface area (Å²) in [6.45, 7) is 2.20. The maximum absolute atomic E-state index is 11.7. The molecule has 0 fully saturated rings. The summed E-state index contributed by atoms with van der Waals surface area (Å²) in [6.07, 6.45) is 4.65. The number of nitriles is 1. The monoisotopic (exact) mass is 317 g/mol. The van der Waals surface area contributed by atoms with Gasteiger partial charge in [-0.1, -0.05) is 37.4 Å². The van der Waals surface area contributed by atoms with Gasteiger partial charge in [0.2, 0.25) is 5.91 Å². The fourth-order valence-electron chi connectivity index (χ4n) is 1.55. The Morgan fingerprint density at radius 1 is 1.38 bits per heavy atom. The summed E-state index contributed by atoms with van der Waals surface area (Å²) in [5.41, 5.74) is 0. The van der Waals surface area contributed by atoms with Gasteiger partial charge < -0.3 is 19.9 Å². The van der Waals surface area contributed by atoms with Gasteiger partial charge >= 0.3 is 6.09 Å². The summed E-state index contributed by atoms with van der Waals surface area (Å²) in [7, 11) is 0. The number of alkyl carbamates (subject to hydrolysis) is 1. The summed E-state index contributed by atoms with van der Waals surface area (Å²) < 4.78 is 16.2. The molecule has 7 nitrogen and oxygen atoms in total. The fourth-order valence-corrected chi connectivity index (χ4v) is 2.25. The van der Waals surface area contributed by atoms with Crippen LogP contribution in [-0.2, 0) is 20.7 Å². The second kappa shape index (κ2) is 12.3. The second-order valence-corrected chi connectivity index (χ2v) is 5.99. The molecule has 0 bridgehead atoms. The number of carbonyl (C=O) groups excluding carboxylic acids is 2. The van der Waals surface area contributed by atoms with Gasteiger partial charge in [-0.3, -0.25) is 4.79 Å². The van der Waals surface area contributed by atoms with E-state index in [4.69, 9.17) is 10.00 Å². The Bertz CT molecular complexity index is 358. The van der Waals surface area contributed by atoms with Gasteiger partial charge in [0.1, 0.15) is 12.3 Å². The molecule has 0 aliphatic carbocycles. The highest BCUT2D eigenvalue weighted by Crippen LogP contribution is 1.99. The number of hydrogen-bond acceptors (Lipinski definition) is 5. The molecule has 0 spiro atoms. The normalized spacial score (nSPS) is 12.9. The van der Waals surface area contributed by atoms with Crippen molar-refractivity contribution in [1.29, 1.82) is 5.26 Å². The number of amides is 2. The minimum absolute atomic E-state index is 0.0256. The lowest BCUT2D eigenvalue weighted by atomic mass is 10.2. The maximum Gasteiger partial charge on any atom is 0.407 e. The fraction of sp³-hybridized carbons (Fsp3) is 0.769. The zero-order valence-electron chi connectivity index (χ0n) is 12.5. The molecule has 0 radical (unpaired) electrons. The molecule has 0 saturated carbocycles. The summed E-state index contributed by atoms with van der Waals surface area (Å²) in [4.78, 5) is 23.3. The van der Waals surface area contributed by atoms with Gasteiger partial charge in [0, 0.05) is 0 Å². The Balaban J connectivity index is 4.17. The average Bonchev–Trinajstić information content (AvgIpc) is 2.43. The Labute approximate surface area is 128 Å². The lowest BCUT2D eigenvalue weighted by molar-refractivity contribution is -0.122. The zero-order chi connectivity index (χ0) is 16.1. The second-order valence-electron chi connectivity index (χ2n) is 4.51. The Kier molecular flexibility index (Phi) is 11.4. The highest BCUT2D eigenvalue weighted by Gasteiger charge is 2.25. The average molecular weight is 317 g/mol. The molecule has 0 aliphatic rings. The molecule has 120 valence electrons. The van der Waals surface area contributed by atoms with Crippen LogP contribution in [0, 0.1) is 11.3 Å². The van der Waals surface area contributed by atoms with E-state index < -0.39 is 29.2 Å². The highest BCUT2D eigenvalue weighted by molar-refractivity contribution is 7.90. The Morgan fingerprint density at radius 3 is 2.67 bits per heavy atom. The van der Waals surface area contributed by atoms with Gasteiger partial charge in [-0.15, -0.1) is 0 Å². The molecule has 2 unspecified atom stereocenters. The van der Waals surface area contributed by atoms with Crippen LogP contribution in [0.5, 0.6) is 0 Å². The summed E-state index contributed by atoms with van der Waals surface area (Å²) in [5.74, 6) is -0.572. The predicted molar refractivity (Wildman–Crippen MR) is 80.0 cm³/mol. The van der Waals surface area contributed by atoms with E-state index in [0.29, 0.717) is 0 Å². The van der Waals surface area contributed by atoms with Crippen molar-refractivity contribution in [3.8, 4) is 6.07 Å². The van der Waals surface area contributed by atoms with Gasteiger partial charge in [0.15, 0.2) is 6.04 Å². The standard InChI is InChI=1S/C13H23N3O4S/c1-3-4-5-6-9-20-13(18)16-11(10-21(2)19)12(17)15-8-7-14/h11H,3-6,8-10H2,1-2H3,(H,15,17)(H,16,18). The molecule has 2 atom stereocenters. The number of rotatable bonds is 10. The van der Waals surface area contributed by atoms with Crippen molar-refractivity contribution in [2.75, 3.05) is 25.2 Å². The summed E-state index contributed by atoms with van der Waals surface area (Å²) >= 11 is -1.26. The first kappa shape index (κ1) is 19.5. The molecule has 0 saturated heterocycles. The van der Waals surface area contributed by atoms with E-state index in [0.717, 1.165) is 25.7 Å². The van der Waals surface area contributed by atoms with E-state index in [9.17, 15) is 14.1 Å². The molecule has 0 aromatic rings. The van der Waals surface area contributed by atoms with E-state index >= 15 is 0 Å². The summed E-state index contributed by atoms with van der Waals surface area (Å²) in [5, 5.41) is 13.1. The summed E-state index contributed by atoms with van der Waals surface area (Å²) in [6, 6.07) is 0.797. The van der Waals surface area contributed by atoms with Crippen LogP contribution in [0.3, 0.4) is 0 Å². The molecule has 0 aliphatic heterocycles. The Morgan fingerprint density at radius 2 is 2.10 bits per heavy atom. The maximum atomic E-state index is 11.7. The quantitative estimate of drug-likeness (QED) is 0.349. The van der Waals surface area contributed by atoms with E-state index in [-0.39, 0.29) is 18.9 Å². The van der Waals surface area contributed by atoms with Gasteiger partial charge in [-0.2, -0.15) is 5.26 Å². The van der Waals surface area contributed by atoms with Crippen molar-refractivity contribution in [3.05, 3.63) is 0 Å². The van der Waals surface area contributed by atoms with Crippen LogP contribution in [0.2, 0.25) is 0 Å². The molecule has 0 aromatic carbocycles. The number of hydrogen-bond donors (Lipinski definition) is 2. The third kappa shape index (κ3) is 10.9. The van der Waals surface area contributed by atoms with Crippen molar-refractivity contribution in [2.45, 2.75) is 38.6 Å².